The number of anilines is 5. The first kappa shape index (κ1) is 47.5. The van der Waals surface area contributed by atoms with E-state index >= 15 is 0 Å². The molecule has 4 heteroatoms. The molecule has 7 aromatic rings. The summed E-state index contributed by atoms with van der Waals surface area (Å²) in [6.07, 6.45) is 9.44. The van der Waals surface area contributed by atoms with Gasteiger partial charge in [-0.3, -0.25) is 0 Å². The van der Waals surface area contributed by atoms with Gasteiger partial charge in [0.15, 0.2) is 0 Å². The average molecular weight is 965 g/mol. The SMILES string of the molecule is Cc1cc2c3c(c1)N(c1ccc4c(c1)C(C)(C)CCC4(C)C)c1cc4c(cc1B3N(c1ccc3c(c1)C(C)(C)CCC3(C)C)c1cc3oc5cc6c(cc5c3cc1-2)C(C)(C)CCC6(C)C)C(C)(C)CCC4(C)C. The summed E-state index contributed by atoms with van der Waals surface area (Å²) in [5, 5.41) is 2.45. The fourth-order valence-electron chi connectivity index (χ4n) is 15.5. The van der Waals surface area contributed by atoms with Gasteiger partial charge in [0, 0.05) is 50.8 Å². The molecule has 0 bridgehead atoms. The Morgan fingerprint density at radius 1 is 0.370 bits per heavy atom. The summed E-state index contributed by atoms with van der Waals surface area (Å²) in [5.74, 6) is 0. The Morgan fingerprint density at radius 3 is 1.34 bits per heavy atom. The minimum Gasteiger partial charge on any atom is -0.456 e. The molecule has 1 aromatic heterocycles. The molecular weight excluding hydrogens is 884 g/mol. The van der Waals surface area contributed by atoms with Crippen LogP contribution < -0.4 is 20.6 Å². The quantitative estimate of drug-likeness (QED) is 0.161. The summed E-state index contributed by atoms with van der Waals surface area (Å²) in [5.41, 5.74) is 27.6. The molecule has 0 unspecified atom stereocenters. The zero-order valence-corrected chi connectivity index (χ0v) is 47.6. The van der Waals surface area contributed by atoms with Crippen molar-refractivity contribution in [2.24, 2.45) is 0 Å². The van der Waals surface area contributed by atoms with Gasteiger partial charge < -0.3 is 14.1 Å². The molecule has 0 saturated heterocycles. The van der Waals surface area contributed by atoms with Crippen LogP contribution in [0, 0.1) is 6.92 Å². The smallest absolute Gasteiger partial charge is 0.333 e. The van der Waals surface area contributed by atoms with Gasteiger partial charge >= 0.3 is 6.85 Å². The zero-order valence-electron chi connectivity index (χ0n) is 47.6. The molecule has 73 heavy (non-hydrogen) atoms. The molecular formula is C69H81BN2O. The van der Waals surface area contributed by atoms with Crippen molar-refractivity contribution in [2.45, 2.75) is 212 Å². The fourth-order valence-corrected chi connectivity index (χ4v) is 15.5. The molecule has 0 saturated carbocycles. The highest BCUT2D eigenvalue weighted by atomic mass is 16.3. The van der Waals surface area contributed by atoms with Crippen LogP contribution in [0.2, 0.25) is 0 Å². The number of benzene rings is 6. The summed E-state index contributed by atoms with van der Waals surface area (Å²) in [4.78, 5) is 5.50. The summed E-state index contributed by atoms with van der Waals surface area (Å²) in [6.45, 7) is 41.8. The highest BCUT2D eigenvalue weighted by Gasteiger charge is 2.50. The summed E-state index contributed by atoms with van der Waals surface area (Å²) in [7, 11) is 0. The van der Waals surface area contributed by atoms with Crippen LogP contribution in [-0.4, -0.2) is 6.85 Å². The van der Waals surface area contributed by atoms with Gasteiger partial charge in [0.1, 0.15) is 11.2 Å². The lowest BCUT2D eigenvalue weighted by Gasteiger charge is -2.49. The molecule has 2 aliphatic heterocycles. The molecule has 0 N–H and O–H groups in total. The van der Waals surface area contributed by atoms with E-state index in [1.165, 1.54) is 163 Å². The van der Waals surface area contributed by atoms with Gasteiger partial charge in [-0.15, -0.1) is 0 Å². The Bertz CT molecular complexity index is 3570. The van der Waals surface area contributed by atoms with Crippen LogP contribution in [0.15, 0.2) is 89.3 Å². The number of aryl methyl sites for hydroxylation is 1. The van der Waals surface area contributed by atoms with E-state index in [4.69, 9.17) is 4.42 Å². The van der Waals surface area contributed by atoms with Gasteiger partial charge in [0.2, 0.25) is 0 Å². The molecule has 0 fully saturated rings. The van der Waals surface area contributed by atoms with Crippen LogP contribution >= 0.6 is 0 Å². The Kier molecular flexibility index (Phi) is 9.49. The maximum atomic E-state index is 7.21. The molecule has 3 nitrogen and oxygen atoms in total. The lowest BCUT2D eigenvalue weighted by molar-refractivity contribution is 0.332. The van der Waals surface area contributed by atoms with E-state index in [0.717, 1.165) is 11.2 Å². The van der Waals surface area contributed by atoms with Crippen molar-refractivity contribution in [3.05, 3.63) is 135 Å². The van der Waals surface area contributed by atoms with E-state index in [2.05, 4.69) is 212 Å². The van der Waals surface area contributed by atoms with E-state index in [-0.39, 0.29) is 50.2 Å². The highest BCUT2D eigenvalue weighted by molar-refractivity contribution is 6.93. The molecule has 376 valence electrons. The van der Waals surface area contributed by atoms with Gasteiger partial charge in [-0.2, -0.15) is 0 Å². The number of furan rings is 1. The second-order valence-electron chi connectivity index (χ2n) is 29.7. The molecule has 0 amide bonds. The Balaban J connectivity index is 1.16. The van der Waals surface area contributed by atoms with Crippen molar-refractivity contribution in [3.63, 3.8) is 0 Å². The van der Waals surface area contributed by atoms with Crippen molar-refractivity contribution in [1.82, 2.24) is 0 Å². The predicted octanol–water partition coefficient (Wildman–Crippen LogP) is 18.0. The minimum atomic E-state index is -0.0861. The number of nitrogens with zero attached hydrogens (tertiary/aromatic N) is 2. The topological polar surface area (TPSA) is 19.6 Å². The van der Waals surface area contributed by atoms with E-state index in [0.29, 0.717) is 0 Å². The van der Waals surface area contributed by atoms with Crippen molar-refractivity contribution >= 4 is 68.1 Å². The van der Waals surface area contributed by atoms with Crippen LogP contribution in [-0.2, 0) is 43.3 Å². The lowest BCUT2D eigenvalue weighted by Crippen LogP contribution is -2.62. The molecule has 13 rings (SSSR count). The van der Waals surface area contributed by atoms with Gasteiger partial charge in [-0.1, -0.05) is 135 Å². The maximum Gasteiger partial charge on any atom is 0.333 e. The summed E-state index contributed by atoms with van der Waals surface area (Å²) in [6, 6.07) is 35.6. The Labute approximate surface area is 438 Å². The fraction of sp³-hybridized carbons (Fsp3) is 0.478. The summed E-state index contributed by atoms with van der Waals surface area (Å²) < 4.78 is 7.21. The number of hydrogen-bond donors (Lipinski definition) is 0. The molecule has 3 heterocycles. The number of rotatable bonds is 2. The highest BCUT2D eigenvalue weighted by Crippen LogP contribution is 2.56. The lowest BCUT2D eigenvalue weighted by atomic mass is 9.42. The third kappa shape index (κ3) is 6.68. The van der Waals surface area contributed by atoms with Crippen LogP contribution in [0.25, 0.3) is 33.1 Å². The monoisotopic (exact) mass is 965 g/mol. The second-order valence-corrected chi connectivity index (χ2v) is 29.7. The Hall–Kier alpha value is -5.22. The van der Waals surface area contributed by atoms with Gasteiger partial charge in [-0.25, -0.2) is 0 Å². The Morgan fingerprint density at radius 2 is 0.795 bits per heavy atom. The van der Waals surface area contributed by atoms with Gasteiger partial charge in [-0.05, 0) is 223 Å². The molecule has 6 aromatic carbocycles. The van der Waals surface area contributed by atoms with Crippen molar-refractivity contribution in [3.8, 4) is 11.1 Å². The van der Waals surface area contributed by atoms with E-state index in [1.54, 1.807) is 0 Å². The van der Waals surface area contributed by atoms with E-state index in [9.17, 15) is 0 Å². The zero-order chi connectivity index (χ0) is 51.7. The first-order valence-electron chi connectivity index (χ1n) is 28.3. The third-order valence-electron chi connectivity index (χ3n) is 20.9. The first-order chi connectivity index (χ1) is 34.0. The number of fused-ring (bicyclic) bond motifs is 11. The first-order valence-corrected chi connectivity index (χ1v) is 28.3. The van der Waals surface area contributed by atoms with E-state index < -0.39 is 0 Å². The molecule has 0 radical (unpaired) electrons. The largest absolute Gasteiger partial charge is 0.456 e. The maximum absolute atomic E-state index is 7.21. The molecule has 0 atom stereocenters. The van der Waals surface area contributed by atoms with Crippen LogP contribution in [0.1, 0.15) is 212 Å². The second kappa shape index (κ2) is 14.6. The molecule has 0 spiro atoms. The van der Waals surface area contributed by atoms with Gasteiger partial charge in [0.25, 0.3) is 0 Å². The standard InChI is InChI=1S/C69H81BN2O/c1-40-30-46-43-34-44-45-35-51-54(69(16,17)29-26-66(51,10)11)38-59(45)73-60(44)39-56(43)72(42-19-21-48-50(33-42)65(8,9)25-23-63(48,4)5)70-55-36-52-53(68(14,15)28-27-67(52,12)13)37-57(55)71(58(31-40)61(46)70)41-18-20-47-49(32-41)64(6,7)24-22-62(47,2)3/h18-21,30-39H,22-29H2,1-17H3. The van der Waals surface area contributed by atoms with Crippen LogP contribution in [0.5, 0.6) is 0 Å². The predicted molar refractivity (Wildman–Crippen MR) is 313 cm³/mol. The minimum absolute atomic E-state index is 0.0318. The molecule has 4 aliphatic carbocycles. The van der Waals surface area contributed by atoms with Crippen molar-refractivity contribution in [2.75, 3.05) is 9.71 Å². The summed E-state index contributed by atoms with van der Waals surface area (Å²) >= 11 is 0. The number of hydrogen-bond acceptors (Lipinski definition) is 3. The molecule has 6 aliphatic rings. The normalized spacial score (nSPS) is 22.4. The van der Waals surface area contributed by atoms with Crippen LogP contribution in [0.4, 0.5) is 28.4 Å². The van der Waals surface area contributed by atoms with Crippen LogP contribution in [0.3, 0.4) is 0 Å². The van der Waals surface area contributed by atoms with Gasteiger partial charge in [0.05, 0.1) is 0 Å². The van der Waals surface area contributed by atoms with E-state index in [1.807, 2.05) is 0 Å². The average Bonchev–Trinajstić information content (AvgIpc) is 3.67. The van der Waals surface area contributed by atoms with Crippen molar-refractivity contribution < 1.29 is 4.42 Å². The third-order valence-corrected chi connectivity index (χ3v) is 20.9. The van der Waals surface area contributed by atoms with Crippen molar-refractivity contribution in [1.29, 1.82) is 0 Å².